The molecule has 0 atom stereocenters. The van der Waals surface area contributed by atoms with Crippen LogP contribution >= 0.6 is 0 Å². The third-order valence-corrected chi connectivity index (χ3v) is 3.51. The van der Waals surface area contributed by atoms with Gasteiger partial charge in [0.2, 0.25) is 0 Å². The second-order valence-electron chi connectivity index (χ2n) is 6.50. The lowest BCUT2D eigenvalue weighted by Crippen LogP contribution is -2.49. The maximum absolute atomic E-state index is 12.3. The van der Waals surface area contributed by atoms with Gasteiger partial charge in [0, 0.05) is 42.3 Å². The van der Waals surface area contributed by atoms with Gasteiger partial charge in [-0.05, 0) is 44.5 Å². The zero-order valence-corrected chi connectivity index (χ0v) is 12.7. The molecule has 2 aromatic rings. The summed E-state index contributed by atoms with van der Waals surface area (Å²) in [5.74, 6) is 0. The van der Waals surface area contributed by atoms with Gasteiger partial charge in [-0.25, -0.2) is 14.8 Å². The Morgan fingerprint density at radius 3 is 2.95 bits per heavy atom. The Morgan fingerprint density at radius 1 is 1.38 bits per heavy atom. The molecule has 0 saturated carbocycles. The summed E-state index contributed by atoms with van der Waals surface area (Å²) in [6.07, 6.45) is 2.53. The van der Waals surface area contributed by atoms with Crippen molar-refractivity contribution >= 4 is 17.1 Å². The van der Waals surface area contributed by atoms with Crippen molar-refractivity contribution in [3.8, 4) is 0 Å². The average Bonchev–Trinajstić information content (AvgIpc) is 2.42. The molecule has 110 valence electrons. The first kappa shape index (κ1) is 13.8. The quantitative estimate of drug-likeness (QED) is 0.808. The van der Waals surface area contributed by atoms with Gasteiger partial charge in [-0.3, -0.25) is 0 Å². The van der Waals surface area contributed by atoms with E-state index in [1.54, 1.807) is 6.20 Å². The average molecular weight is 284 g/mol. The first-order valence-corrected chi connectivity index (χ1v) is 7.23. The lowest BCUT2D eigenvalue weighted by Gasteiger charge is -2.31. The highest BCUT2D eigenvalue weighted by Gasteiger charge is 2.24. The highest BCUT2D eigenvalue weighted by atomic mass is 16.2. The molecule has 0 saturated heterocycles. The van der Waals surface area contributed by atoms with Gasteiger partial charge in [-0.15, -0.1) is 0 Å². The van der Waals surface area contributed by atoms with Gasteiger partial charge >= 0.3 is 6.03 Å². The topological polar surface area (TPSA) is 58.1 Å². The highest BCUT2D eigenvalue weighted by Crippen LogP contribution is 2.21. The van der Waals surface area contributed by atoms with Crippen LogP contribution in [0.3, 0.4) is 0 Å². The standard InChI is InChI=1S/C16H20N4O/c1-16(2,3)19-15(21)20-8-6-13-12(10-20)9-11-5-4-7-17-14(11)18-13/h4-5,7,9H,6,8,10H2,1-3H3,(H,19,21). The Labute approximate surface area is 124 Å². The summed E-state index contributed by atoms with van der Waals surface area (Å²) < 4.78 is 0. The Balaban J connectivity index is 1.85. The number of carbonyl (C=O) groups excluding carboxylic acids is 1. The second kappa shape index (κ2) is 4.98. The summed E-state index contributed by atoms with van der Waals surface area (Å²) in [6.45, 7) is 7.27. The third kappa shape index (κ3) is 2.96. The Bertz CT molecular complexity index is 690. The van der Waals surface area contributed by atoms with E-state index in [4.69, 9.17) is 0 Å². The van der Waals surface area contributed by atoms with E-state index in [0.717, 1.165) is 28.7 Å². The predicted octanol–water partition coefficient (Wildman–Crippen LogP) is 2.50. The van der Waals surface area contributed by atoms with Crippen molar-refractivity contribution in [1.29, 1.82) is 0 Å². The van der Waals surface area contributed by atoms with Crippen LogP contribution < -0.4 is 5.32 Å². The number of fused-ring (bicyclic) bond motifs is 2. The van der Waals surface area contributed by atoms with E-state index in [-0.39, 0.29) is 11.6 Å². The van der Waals surface area contributed by atoms with Crippen LogP contribution in [0.4, 0.5) is 4.79 Å². The first-order valence-electron chi connectivity index (χ1n) is 7.23. The molecule has 0 spiro atoms. The van der Waals surface area contributed by atoms with Gasteiger partial charge in [0.25, 0.3) is 0 Å². The molecule has 3 rings (SSSR count). The minimum Gasteiger partial charge on any atom is -0.333 e. The Kier molecular flexibility index (Phi) is 3.27. The van der Waals surface area contributed by atoms with E-state index >= 15 is 0 Å². The van der Waals surface area contributed by atoms with Crippen LogP contribution in [0.15, 0.2) is 24.4 Å². The Morgan fingerprint density at radius 2 is 2.19 bits per heavy atom. The van der Waals surface area contributed by atoms with E-state index in [1.807, 2.05) is 37.8 Å². The van der Waals surface area contributed by atoms with Gasteiger partial charge < -0.3 is 10.2 Å². The summed E-state index contributed by atoms with van der Waals surface area (Å²) in [5.41, 5.74) is 2.73. The van der Waals surface area contributed by atoms with Crippen molar-refractivity contribution < 1.29 is 4.79 Å². The van der Waals surface area contributed by atoms with Gasteiger partial charge in [0.1, 0.15) is 0 Å². The largest absolute Gasteiger partial charge is 0.333 e. The minimum absolute atomic E-state index is 0.0144. The van der Waals surface area contributed by atoms with Crippen LogP contribution in [0.1, 0.15) is 32.0 Å². The highest BCUT2D eigenvalue weighted by molar-refractivity contribution is 5.77. The van der Waals surface area contributed by atoms with Crippen LogP contribution in [-0.2, 0) is 13.0 Å². The molecule has 5 heteroatoms. The van der Waals surface area contributed by atoms with Gasteiger partial charge in [-0.2, -0.15) is 0 Å². The zero-order valence-electron chi connectivity index (χ0n) is 12.7. The number of amides is 2. The smallest absolute Gasteiger partial charge is 0.318 e. The summed E-state index contributed by atoms with van der Waals surface area (Å²) in [5, 5.41) is 4.03. The summed E-state index contributed by atoms with van der Waals surface area (Å²) >= 11 is 0. The normalized spacial score (nSPS) is 14.9. The molecule has 1 aliphatic heterocycles. The minimum atomic E-state index is -0.219. The van der Waals surface area contributed by atoms with E-state index in [2.05, 4.69) is 21.4 Å². The number of hydrogen-bond donors (Lipinski definition) is 1. The molecule has 0 unspecified atom stereocenters. The van der Waals surface area contributed by atoms with E-state index in [1.165, 1.54) is 0 Å². The number of aromatic nitrogens is 2. The van der Waals surface area contributed by atoms with Crippen LogP contribution in [0, 0.1) is 0 Å². The van der Waals surface area contributed by atoms with E-state index < -0.39 is 0 Å². The third-order valence-electron chi connectivity index (χ3n) is 3.51. The number of urea groups is 1. The van der Waals surface area contributed by atoms with Crippen LogP contribution in [0.25, 0.3) is 11.0 Å². The van der Waals surface area contributed by atoms with Crippen LogP contribution in [-0.4, -0.2) is 33.0 Å². The maximum atomic E-state index is 12.3. The number of nitrogens with one attached hydrogen (secondary N) is 1. The van der Waals surface area contributed by atoms with Crippen molar-refractivity contribution in [2.24, 2.45) is 0 Å². The van der Waals surface area contributed by atoms with Gasteiger partial charge in [0.05, 0.1) is 0 Å². The molecular formula is C16H20N4O. The summed E-state index contributed by atoms with van der Waals surface area (Å²) in [4.78, 5) is 23.0. The molecule has 0 aromatic carbocycles. The molecule has 0 fully saturated rings. The van der Waals surface area contributed by atoms with Crippen molar-refractivity contribution in [3.63, 3.8) is 0 Å². The van der Waals surface area contributed by atoms with Gasteiger partial charge in [-0.1, -0.05) is 0 Å². The maximum Gasteiger partial charge on any atom is 0.318 e. The number of pyridine rings is 2. The predicted molar refractivity (Wildman–Crippen MR) is 81.9 cm³/mol. The van der Waals surface area contributed by atoms with Crippen molar-refractivity contribution in [2.45, 2.75) is 39.3 Å². The van der Waals surface area contributed by atoms with Crippen LogP contribution in [0.5, 0.6) is 0 Å². The molecule has 2 aromatic heterocycles. The van der Waals surface area contributed by atoms with Crippen molar-refractivity contribution in [3.05, 3.63) is 35.7 Å². The lowest BCUT2D eigenvalue weighted by molar-refractivity contribution is 0.183. The summed E-state index contributed by atoms with van der Waals surface area (Å²) in [7, 11) is 0. The molecule has 1 N–H and O–H groups in total. The molecule has 3 heterocycles. The first-order chi connectivity index (χ1) is 9.92. The van der Waals surface area contributed by atoms with Crippen LogP contribution in [0.2, 0.25) is 0 Å². The van der Waals surface area contributed by atoms with Crippen molar-refractivity contribution in [2.75, 3.05) is 6.54 Å². The molecular weight excluding hydrogens is 264 g/mol. The Hall–Kier alpha value is -2.17. The molecule has 5 nitrogen and oxygen atoms in total. The second-order valence-corrected chi connectivity index (χ2v) is 6.50. The molecule has 1 aliphatic rings. The SMILES string of the molecule is CC(C)(C)NC(=O)N1CCc2nc3ncccc3cc2C1. The van der Waals surface area contributed by atoms with E-state index in [9.17, 15) is 4.79 Å². The number of nitrogens with zero attached hydrogens (tertiary/aromatic N) is 3. The molecule has 21 heavy (non-hydrogen) atoms. The molecule has 0 bridgehead atoms. The molecule has 0 radical (unpaired) electrons. The summed E-state index contributed by atoms with van der Waals surface area (Å²) in [6, 6.07) is 5.99. The van der Waals surface area contributed by atoms with Gasteiger partial charge in [0.15, 0.2) is 5.65 Å². The van der Waals surface area contributed by atoms with Crippen molar-refractivity contribution in [1.82, 2.24) is 20.2 Å². The lowest BCUT2D eigenvalue weighted by atomic mass is 10.0. The molecule has 2 amide bonds. The fourth-order valence-corrected chi connectivity index (χ4v) is 2.54. The monoisotopic (exact) mass is 284 g/mol. The zero-order chi connectivity index (χ0) is 15.0. The number of rotatable bonds is 0. The van der Waals surface area contributed by atoms with E-state index in [0.29, 0.717) is 13.1 Å². The number of hydrogen-bond acceptors (Lipinski definition) is 3. The molecule has 0 aliphatic carbocycles. The fourth-order valence-electron chi connectivity index (χ4n) is 2.54. The fraction of sp³-hybridized carbons (Fsp3) is 0.438. The number of carbonyl (C=O) groups is 1.